The fourth-order valence-electron chi connectivity index (χ4n) is 4.65. The number of ether oxygens (including phenoxy) is 1. The van der Waals surface area contributed by atoms with Crippen LogP contribution < -0.4 is 19.7 Å². The summed E-state index contributed by atoms with van der Waals surface area (Å²) in [7, 11) is 0.349. The number of nitrogens with zero attached hydrogens (tertiary/aromatic N) is 2. The number of carbonyl (C=O) groups is 1. The van der Waals surface area contributed by atoms with Crippen molar-refractivity contribution in [3.05, 3.63) is 82.4 Å². The van der Waals surface area contributed by atoms with Crippen LogP contribution in [0, 0.1) is 0 Å². The monoisotopic (exact) mass is 552 g/mol. The van der Waals surface area contributed by atoms with E-state index in [1.165, 1.54) is 10.6 Å². The highest BCUT2D eigenvalue weighted by Gasteiger charge is 2.29. The molecule has 0 spiro atoms. The van der Waals surface area contributed by atoms with Gasteiger partial charge in [-0.25, -0.2) is 8.42 Å². The van der Waals surface area contributed by atoms with E-state index in [0.29, 0.717) is 53.1 Å². The number of rotatable bonds is 8. The first-order valence-electron chi connectivity index (χ1n) is 12.2. The van der Waals surface area contributed by atoms with Gasteiger partial charge in [0.1, 0.15) is 5.75 Å². The number of benzene rings is 3. The minimum absolute atomic E-state index is 0.231. The third-order valence-electron chi connectivity index (χ3n) is 6.53. The number of fused-ring (bicyclic) bond motifs is 2. The van der Waals surface area contributed by atoms with E-state index in [1.807, 2.05) is 55.4 Å². The van der Waals surface area contributed by atoms with Gasteiger partial charge in [0.25, 0.3) is 5.91 Å². The topological polar surface area (TPSA) is 91.0 Å². The van der Waals surface area contributed by atoms with E-state index in [1.54, 1.807) is 24.3 Å². The quantitative estimate of drug-likeness (QED) is 0.399. The van der Waals surface area contributed by atoms with E-state index in [4.69, 9.17) is 16.3 Å². The predicted octanol–water partition coefficient (Wildman–Crippen LogP) is 4.54. The summed E-state index contributed by atoms with van der Waals surface area (Å²) >= 11 is 6.17. The van der Waals surface area contributed by atoms with Crippen LogP contribution in [0.15, 0.2) is 60.7 Å². The smallest absolute Gasteiger partial charge is 0.258 e. The predicted molar refractivity (Wildman–Crippen MR) is 153 cm³/mol. The van der Waals surface area contributed by atoms with Crippen LogP contribution in [0.4, 0.5) is 17.1 Å². The zero-order chi connectivity index (χ0) is 27.0. The van der Waals surface area contributed by atoms with Crippen molar-refractivity contribution in [2.24, 2.45) is 0 Å². The van der Waals surface area contributed by atoms with Crippen molar-refractivity contribution in [3.63, 3.8) is 0 Å². The molecule has 2 aliphatic heterocycles. The van der Waals surface area contributed by atoms with Gasteiger partial charge >= 0.3 is 0 Å². The molecule has 0 fully saturated rings. The van der Waals surface area contributed by atoms with Crippen LogP contribution in [0.1, 0.15) is 16.7 Å². The summed E-state index contributed by atoms with van der Waals surface area (Å²) in [5.74, 6) is 0.620. The first-order valence-corrected chi connectivity index (χ1v) is 14.4. The average molecular weight is 553 g/mol. The van der Waals surface area contributed by atoms with Gasteiger partial charge in [0.2, 0.25) is 10.0 Å². The van der Waals surface area contributed by atoms with E-state index >= 15 is 0 Å². The van der Waals surface area contributed by atoms with Gasteiger partial charge in [0.05, 0.1) is 35.5 Å². The standard InChI is InChI=1S/C28H29ClN4O4S/c1-32(2)13-14-33(38(3,35)36)22-8-6-21(7-9-22)30-27(19-4-11-25-18(16-19)12-15-37-25)26-23-10-5-20(29)17-24(23)31-28(26)34/h4-11,16-17,30H,12-15H2,1-3H3,(H,31,34)/b27-26-. The number of likely N-dealkylation sites (N-methyl/N-ethyl adjacent to an activating group) is 1. The minimum Gasteiger partial charge on any atom is -0.493 e. The molecule has 0 aromatic heterocycles. The van der Waals surface area contributed by atoms with Crippen LogP contribution in [-0.2, 0) is 21.2 Å². The summed E-state index contributed by atoms with van der Waals surface area (Å²) in [6, 6.07) is 18.4. The van der Waals surface area contributed by atoms with Gasteiger partial charge < -0.3 is 20.3 Å². The number of anilines is 3. The second-order valence-electron chi connectivity index (χ2n) is 9.63. The van der Waals surface area contributed by atoms with Gasteiger partial charge in [-0.05, 0) is 79.8 Å². The fraction of sp³-hybridized carbons (Fsp3) is 0.250. The Morgan fingerprint density at radius 1 is 1.05 bits per heavy atom. The molecule has 3 aromatic carbocycles. The Balaban J connectivity index is 1.55. The van der Waals surface area contributed by atoms with Crippen molar-refractivity contribution in [1.82, 2.24) is 4.90 Å². The van der Waals surface area contributed by atoms with Crippen LogP contribution in [0.2, 0.25) is 5.02 Å². The zero-order valence-electron chi connectivity index (χ0n) is 21.4. The van der Waals surface area contributed by atoms with E-state index in [2.05, 4.69) is 10.6 Å². The summed E-state index contributed by atoms with van der Waals surface area (Å²) in [5, 5.41) is 6.89. The van der Waals surface area contributed by atoms with Crippen molar-refractivity contribution in [2.45, 2.75) is 6.42 Å². The molecule has 8 nitrogen and oxygen atoms in total. The highest BCUT2D eigenvalue weighted by molar-refractivity contribution is 7.92. The lowest BCUT2D eigenvalue weighted by Crippen LogP contribution is -2.35. The maximum absolute atomic E-state index is 13.2. The molecule has 10 heteroatoms. The third kappa shape index (κ3) is 5.36. The van der Waals surface area contributed by atoms with Gasteiger partial charge in [0.15, 0.2) is 0 Å². The van der Waals surface area contributed by atoms with Gasteiger partial charge in [-0.1, -0.05) is 17.7 Å². The number of amides is 1. The molecule has 0 radical (unpaired) electrons. The highest BCUT2D eigenvalue weighted by Crippen LogP contribution is 2.40. The lowest BCUT2D eigenvalue weighted by Gasteiger charge is -2.24. The molecule has 38 heavy (non-hydrogen) atoms. The van der Waals surface area contributed by atoms with Gasteiger partial charge in [-0.15, -0.1) is 0 Å². The Hall–Kier alpha value is -3.53. The Morgan fingerprint density at radius 2 is 1.82 bits per heavy atom. The fourth-order valence-corrected chi connectivity index (χ4v) is 5.74. The average Bonchev–Trinajstić information content (AvgIpc) is 3.45. The molecule has 0 saturated carbocycles. The lowest BCUT2D eigenvalue weighted by atomic mass is 9.98. The maximum atomic E-state index is 13.2. The summed E-state index contributed by atoms with van der Waals surface area (Å²) in [5.41, 5.74) is 5.75. The van der Waals surface area contributed by atoms with E-state index in [-0.39, 0.29) is 5.91 Å². The van der Waals surface area contributed by atoms with E-state index in [9.17, 15) is 13.2 Å². The van der Waals surface area contributed by atoms with Crippen LogP contribution >= 0.6 is 11.6 Å². The molecule has 0 atom stereocenters. The number of halogens is 1. The Morgan fingerprint density at radius 3 is 2.53 bits per heavy atom. The number of sulfonamides is 1. The normalized spacial score (nSPS) is 15.6. The van der Waals surface area contributed by atoms with Crippen LogP contribution in [0.5, 0.6) is 5.75 Å². The van der Waals surface area contributed by atoms with Gasteiger partial charge in [-0.3, -0.25) is 9.10 Å². The SMILES string of the molecule is CN(C)CCN(c1ccc(N/C(=C2\C(=O)Nc3cc(Cl)ccc32)c2ccc3c(c2)CCO3)cc1)S(C)(=O)=O. The molecule has 1 amide bonds. The summed E-state index contributed by atoms with van der Waals surface area (Å²) in [6.07, 6.45) is 2.00. The third-order valence-corrected chi connectivity index (χ3v) is 7.96. The van der Waals surface area contributed by atoms with Crippen molar-refractivity contribution in [1.29, 1.82) is 0 Å². The number of carbonyl (C=O) groups excluding carboxylic acids is 1. The first kappa shape index (κ1) is 26.1. The molecule has 0 aliphatic carbocycles. The van der Waals surface area contributed by atoms with Crippen LogP contribution in [-0.4, -0.2) is 59.3 Å². The molecule has 5 rings (SSSR count). The molecular weight excluding hydrogens is 524 g/mol. The molecule has 0 bridgehead atoms. The molecule has 0 unspecified atom stereocenters. The number of hydrogen-bond donors (Lipinski definition) is 2. The van der Waals surface area contributed by atoms with Crippen LogP contribution in [0.25, 0.3) is 11.3 Å². The molecular formula is C28H29ClN4O4S. The first-order chi connectivity index (χ1) is 18.1. The molecule has 198 valence electrons. The Kier molecular flexibility index (Phi) is 7.09. The molecule has 2 aliphatic rings. The number of hydrogen-bond acceptors (Lipinski definition) is 6. The minimum atomic E-state index is -3.45. The van der Waals surface area contributed by atoms with Crippen molar-refractivity contribution in [3.8, 4) is 5.75 Å². The number of nitrogens with one attached hydrogen (secondary N) is 2. The van der Waals surface area contributed by atoms with E-state index in [0.717, 1.165) is 28.9 Å². The van der Waals surface area contributed by atoms with Crippen molar-refractivity contribution < 1.29 is 17.9 Å². The van der Waals surface area contributed by atoms with Crippen molar-refractivity contribution >= 4 is 55.9 Å². The van der Waals surface area contributed by atoms with Gasteiger partial charge in [-0.2, -0.15) is 0 Å². The summed E-state index contributed by atoms with van der Waals surface area (Å²) in [6.45, 7) is 1.56. The second kappa shape index (κ2) is 10.3. The van der Waals surface area contributed by atoms with Crippen molar-refractivity contribution in [2.75, 3.05) is 55.0 Å². The molecule has 2 heterocycles. The second-order valence-corrected chi connectivity index (χ2v) is 12.0. The lowest BCUT2D eigenvalue weighted by molar-refractivity contribution is -0.110. The van der Waals surface area contributed by atoms with E-state index < -0.39 is 10.0 Å². The van der Waals surface area contributed by atoms with Gasteiger partial charge in [0, 0.05) is 35.8 Å². The maximum Gasteiger partial charge on any atom is 0.258 e. The Labute approximate surface area is 227 Å². The molecule has 0 saturated heterocycles. The highest BCUT2D eigenvalue weighted by atomic mass is 35.5. The van der Waals surface area contributed by atoms with Crippen LogP contribution in [0.3, 0.4) is 0 Å². The largest absolute Gasteiger partial charge is 0.493 e. The molecule has 3 aromatic rings. The molecule has 2 N–H and O–H groups in total. The Bertz CT molecular complexity index is 1530. The summed E-state index contributed by atoms with van der Waals surface area (Å²) < 4.78 is 32.0. The summed E-state index contributed by atoms with van der Waals surface area (Å²) in [4.78, 5) is 15.1. The zero-order valence-corrected chi connectivity index (χ0v) is 23.0.